The predicted molar refractivity (Wildman–Crippen MR) is 98.8 cm³/mol. The van der Waals surface area contributed by atoms with Crippen LogP contribution in [-0.2, 0) is 15.1 Å². The van der Waals surface area contributed by atoms with Crippen molar-refractivity contribution in [3.05, 3.63) is 54.2 Å². The fraction of sp³-hybridized carbons (Fsp3) is 0.222. The Morgan fingerprint density at radius 3 is 2.63 bits per heavy atom. The number of benzene rings is 1. The first-order valence-corrected chi connectivity index (χ1v) is 9.07. The van der Waals surface area contributed by atoms with Crippen LogP contribution in [-0.4, -0.2) is 40.7 Å². The van der Waals surface area contributed by atoms with Gasteiger partial charge in [-0.25, -0.2) is 9.78 Å². The van der Waals surface area contributed by atoms with E-state index in [1.165, 1.54) is 11.8 Å². The van der Waals surface area contributed by atoms with E-state index in [1.807, 2.05) is 6.07 Å². The average molecular weight is 386 g/mol. The van der Waals surface area contributed by atoms with E-state index in [4.69, 9.17) is 4.74 Å². The monoisotopic (exact) mass is 386 g/mol. The van der Waals surface area contributed by atoms with Gasteiger partial charge in [-0.2, -0.15) is 5.01 Å². The van der Waals surface area contributed by atoms with Crippen LogP contribution in [0.1, 0.15) is 12.5 Å². The minimum absolute atomic E-state index is 0.0212. The van der Waals surface area contributed by atoms with Gasteiger partial charge in [-0.1, -0.05) is 30.0 Å². The quantitative estimate of drug-likeness (QED) is 0.579. The Kier molecular flexibility index (Phi) is 5.31. The molecule has 1 saturated heterocycles. The third-order valence-electron chi connectivity index (χ3n) is 4.08. The van der Waals surface area contributed by atoms with Gasteiger partial charge in [-0.3, -0.25) is 15.0 Å². The molecule has 2 heterocycles. The normalized spacial score (nSPS) is 19.0. The molecule has 1 aliphatic rings. The van der Waals surface area contributed by atoms with Crippen LogP contribution in [0.4, 0.5) is 4.79 Å². The largest absolute Gasteiger partial charge is 0.497 e. The lowest BCUT2D eigenvalue weighted by Gasteiger charge is -2.22. The Morgan fingerprint density at radius 2 is 2.00 bits per heavy atom. The summed E-state index contributed by atoms with van der Waals surface area (Å²) >= 11 is 1.21. The maximum Gasteiger partial charge on any atom is 0.344 e. The van der Waals surface area contributed by atoms with Gasteiger partial charge in [0.15, 0.2) is 0 Å². The van der Waals surface area contributed by atoms with Crippen molar-refractivity contribution >= 4 is 29.6 Å². The highest BCUT2D eigenvalue weighted by Gasteiger charge is 2.50. The number of hydrogen-bond acceptors (Lipinski definition) is 6. The first-order valence-electron chi connectivity index (χ1n) is 8.08. The number of methoxy groups -OCH3 is 1. The van der Waals surface area contributed by atoms with E-state index in [9.17, 15) is 14.4 Å². The van der Waals surface area contributed by atoms with Gasteiger partial charge in [0, 0.05) is 6.20 Å². The lowest BCUT2D eigenvalue weighted by molar-refractivity contribution is -0.138. The number of ether oxygens (including phenoxy) is 1. The van der Waals surface area contributed by atoms with Crippen LogP contribution in [0.2, 0.25) is 0 Å². The summed E-state index contributed by atoms with van der Waals surface area (Å²) in [4.78, 5) is 41.3. The van der Waals surface area contributed by atoms with Crippen molar-refractivity contribution in [1.29, 1.82) is 0 Å². The molecule has 1 aliphatic heterocycles. The fourth-order valence-electron chi connectivity index (χ4n) is 2.59. The number of pyridine rings is 1. The number of amides is 4. The number of thioether (sulfide) groups is 1. The van der Waals surface area contributed by atoms with Crippen LogP contribution >= 0.6 is 11.8 Å². The highest BCUT2D eigenvalue weighted by Crippen LogP contribution is 2.29. The van der Waals surface area contributed by atoms with Crippen molar-refractivity contribution in [2.75, 3.05) is 12.9 Å². The molecule has 8 nitrogen and oxygen atoms in total. The van der Waals surface area contributed by atoms with E-state index in [-0.39, 0.29) is 5.75 Å². The van der Waals surface area contributed by atoms with Crippen LogP contribution in [0.15, 0.2) is 53.7 Å². The van der Waals surface area contributed by atoms with Gasteiger partial charge in [-0.05, 0) is 36.8 Å². The van der Waals surface area contributed by atoms with Crippen LogP contribution < -0.4 is 15.5 Å². The Labute approximate surface area is 160 Å². The fourth-order valence-corrected chi connectivity index (χ4v) is 3.24. The molecule has 3 rings (SSSR count). The van der Waals surface area contributed by atoms with Crippen molar-refractivity contribution in [3.63, 3.8) is 0 Å². The van der Waals surface area contributed by atoms with Gasteiger partial charge in [0.05, 0.1) is 17.9 Å². The number of hydrazine groups is 1. The zero-order valence-corrected chi connectivity index (χ0v) is 15.6. The van der Waals surface area contributed by atoms with Crippen molar-refractivity contribution in [1.82, 2.24) is 20.7 Å². The molecule has 0 saturated carbocycles. The number of nitrogens with one attached hydrogen (secondary N) is 2. The summed E-state index contributed by atoms with van der Waals surface area (Å²) < 4.78 is 5.10. The Bertz CT molecular complexity index is 859. The number of nitrogens with zero attached hydrogens (tertiary/aromatic N) is 2. The zero-order chi connectivity index (χ0) is 19.4. The lowest BCUT2D eigenvalue weighted by atomic mass is 9.92. The molecule has 140 valence electrons. The first kappa shape index (κ1) is 18.7. The van der Waals surface area contributed by atoms with E-state index in [0.29, 0.717) is 21.3 Å². The summed E-state index contributed by atoms with van der Waals surface area (Å²) in [5.74, 6) is -0.384. The minimum atomic E-state index is -1.27. The smallest absolute Gasteiger partial charge is 0.344 e. The van der Waals surface area contributed by atoms with Crippen molar-refractivity contribution in [2.24, 2.45) is 0 Å². The summed E-state index contributed by atoms with van der Waals surface area (Å²) in [5, 5.41) is 4.01. The van der Waals surface area contributed by atoms with Crippen molar-refractivity contribution < 1.29 is 19.1 Å². The van der Waals surface area contributed by atoms with Crippen molar-refractivity contribution in [2.45, 2.75) is 17.5 Å². The molecule has 2 N–H and O–H groups in total. The molecule has 0 spiro atoms. The number of carbonyl (C=O) groups is 3. The maximum atomic E-state index is 12.8. The number of hydrogen-bond donors (Lipinski definition) is 2. The molecule has 1 fully saturated rings. The molecule has 0 aliphatic carbocycles. The molecule has 4 amide bonds. The van der Waals surface area contributed by atoms with Gasteiger partial charge in [0.2, 0.25) is 5.91 Å². The van der Waals surface area contributed by atoms with E-state index >= 15 is 0 Å². The average Bonchev–Trinajstić information content (AvgIpc) is 2.91. The molecule has 9 heteroatoms. The Hall–Kier alpha value is -3.07. The lowest BCUT2D eigenvalue weighted by Crippen LogP contribution is -2.48. The van der Waals surface area contributed by atoms with E-state index in [2.05, 4.69) is 15.7 Å². The molecule has 0 radical (unpaired) electrons. The zero-order valence-electron chi connectivity index (χ0n) is 14.8. The molecule has 0 bridgehead atoms. The van der Waals surface area contributed by atoms with Gasteiger partial charge >= 0.3 is 6.03 Å². The molecule has 1 atom stereocenters. The number of aromatic nitrogens is 1. The highest BCUT2D eigenvalue weighted by molar-refractivity contribution is 7.99. The third kappa shape index (κ3) is 3.87. The van der Waals surface area contributed by atoms with E-state index in [1.54, 1.807) is 56.6 Å². The maximum absolute atomic E-state index is 12.8. The van der Waals surface area contributed by atoms with E-state index in [0.717, 1.165) is 0 Å². The van der Waals surface area contributed by atoms with E-state index < -0.39 is 23.4 Å². The minimum Gasteiger partial charge on any atom is -0.497 e. The molecular weight excluding hydrogens is 368 g/mol. The standard InChI is InChI=1S/C18H18N4O4S/c1-18(12-6-8-13(26-2)9-7-12)16(24)22(17(25)20-18)21-14(23)11-27-15-5-3-4-10-19-15/h3-10H,11H2,1-2H3,(H,20,25)(H,21,23)/t18-/m1/s1. The molecule has 27 heavy (non-hydrogen) atoms. The molecular formula is C18H18N4O4S. The van der Waals surface area contributed by atoms with Crippen LogP contribution in [0.3, 0.4) is 0 Å². The molecule has 1 aromatic heterocycles. The van der Waals surface area contributed by atoms with Gasteiger partial charge in [0.1, 0.15) is 11.3 Å². The van der Waals surface area contributed by atoms with Crippen molar-refractivity contribution in [3.8, 4) is 5.75 Å². The second kappa shape index (κ2) is 7.67. The first-order chi connectivity index (χ1) is 12.9. The van der Waals surface area contributed by atoms with Gasteiger partial charge < -0.3 is 10.1 Å². The molecule has 1 aromatic carbocycles. The summed E-state index contributed by atoms with van der Waals surface area (Å²) in [7, 11) is 1.54. The topological polar surface area (TPSA) is 101 Å². The van der Waals surface area contributed by atoms with Crippen LogP contribution in [0.25, 0.3) is 0 Å². The van der Waals surface area contributed by atoms with Crippen LogP contribution in [0.5, 0.6) is 5.75 Å². The third-order valence-corrected chi connectivity index (χ3v) is 5.03. The Balaban J connectivity index is 1.67. The number of urea groups is 1. The van der Waals surface area contributed by atoms with Gasteiger partial charge in [-0.15, -0.1) is 0 Å². The summed E-state index contributed by atoms with van der Waals surface area (Å²) in [5.41, 5.74) is 1.67. The Morgan fingerprint density at radius 1 is 1.26 bits per heavy atom. The molecule has 2 aromatic rings. The summed E-state index contributed by atoms with van der Waals surface area (Å²) in [6, 6.07) is 11.5. The highest BCUT2D eigenvalue weighted by atomic mass is 32.2. The predicted octanol–water partition coefficient (Wildman–Crippen LogP) is 1.68. The second-order valence-corrected chi connectivity index (χ2v) is 6.91. The van der Waals surface area contributed by atoms with Crippen LogP contribution in [0, 0.1) is 0 Å². The summed E-state index contributed by atoms with van der Waals surface area (Å²) in [6.07, 6.45) is 1.62. The molecule has 0 unspecified atom stereocenters. The summed E-state index contributed by atoms with van der Waals surface area (Å²) in [6.45, 7) is 1.59. The SMILES string of the molecule is COc1ccc([C@@]2(C)NC(=O)N(NC(=O)CSc3ccccn3)C2=O)cc1. The second-order valence-electron chi connectivity index (χ2n) is 5.92. The number of carbonyl (C=O) groups excluding carboxylic acids is 3. The number of rotatable bonds is 6. The van der Waals surface area contributed by atoms with Gasteiger partial charge in [0.25, 0.3) is 5.91 Å². The number of imide groups is 1.